The molecule has 22 heavy (non-hydrogen) atoms. The van der Waals surface area contributed by atoms with Gasteiger partial charge in [-0.3, -0.25) is 4.79 Å². The Bertz CT molecular complexity index is 531. The molecule has 122 valence electrons. The second kappa shape index (κ2) is 6.50. The average Bonchev–Trinajstić information content (AvgIpc) is 2.45. The topological polar surface area (TPSA) is 58.6 Å². The summed E-state index contributed by atoms with van der Waals surface area (Å²) in [6.45, 7) is 13.2. The number of hydrogen-bond donors (Lipinski definition) is 0. The highest BCUT2D eigenvalue weighted by molar-refractivity contribution is 5.81. The van der Waals surface area contributed by atoms with Crippen LogP contribution in [0.5, 0.6) is 5.88 Å². The van der Waals surface area contributed by atoms with Gasteiger partial charge in [-0.25, -0.2) is 4.98 Å². The van der Waals surface area contributed by atoms with Crippen LogP contribution in [0.25, 0.3) is 0 Å². The van der Waals surface area contributed by atoms with Crippen molar-refractivity contribution < 1.29 is 9.53 Å². The van der Waals surface area contributed by atoms with Crippen LogP contribution in [0, 0.1) is 12.3 Å². The monoisotopic (exact) mass is 306 g/mol. The summed E-state index contributed by atoms with van der Waals surface area (Å²) in [4.78, 5) is 25.3. The molecule has 1 amide bonds. The predicted molar refractivity (Wildman–Crippen MR) is 86.2 cm³/mol. The van der Waals surface area contributed by atoms with E-state index in [0.29, 0.717) is 31.5 Å². The maximum Gasteiger partial charge on any atom is 0.228 e. The zero-order chi connectivity index (χ0) is 16.3. The molecule has 0 atom stereocenters. The van der Waals surface area contributed by atoms with Crippen molar-refractivity contribution in [2.45, 2.75) is 34.6 Å². The van der Waals surface area contributed by atoms with Gasteiger partial charge in [-0.2, -0.15) is 4.98 Å². The first-order valence-corrected chi connectivity index (χ1v) is 7.84. The number of aryl methyl sites for hydroxylation is 1. The lowest BCUT2D eigenvalue weighted by Gasteiger charge is -2.37. The van der Waals surface area contributed by atoms with Gasteiger partial charge in [-0.15, -0.1) is 0 Å². The van der Waals surface area contributed by atoms with E-state index in [-0.39, 0.29) is 11.3 Å². The molecule has 0 spiro atoms. The van der Waals surface area contributed by atoms with Gasteiger partial charge in [0.25, 0.3) is 0 Å². The van der Waals surface area contributed by atoms with Crippen molar-refractivity contribution in [3.63, 3.8) is 0 Å². The van der Waals surface area contributed by atoms with Gasteiger partial charge in [0.15, 0.2) is 0 Å². The maximum atomic E-state index is 12.3. The minimum absolute atomic E-state index is 0.201. The largest absolute Gasteiger partial charge is 0.478 e. The van der Waals surface area contributed by atoms with E-state index in [1.165, 1.54) is 0 Å². The van der Waals surface area contributed by atoms with Crippen LogP contribution in [0.4, 0.5) is 5.95 Å². The fourth-order valence-electron chi connectivity index (χ4n) is 2.47. The Hall–Kier alpha value is -1.85. The fraction of sp³-hybridized carbons (Fsp3) is 0.688. The molecule has 0 unspecified atom stereocenters. The SMILES string of the molecule is CCOc1cc(C)nc(N2CCN(C(=O)C(C)(C)C)CC2)n1. The Balaban J connectivity index is 2.04. The molecule has 2 rings (SSSR count). The van der Waals surface area contributed by atoms with Gasteiger partial charge in [0, 0.05) is 43.4 Å². The molecule has 1 fully saturated rings. The number of amides is 1. The number of ether oxygens (including phenoxy) is 1. The Morgan fingerprint density at radius 2 is 1.86 bits per heavy atom. The molecule has 0 N–H and O–H groups in total. The highest BCUT2D eigenvalue weighted by Gasteiger charge is 2.30. The molecular weight excluding hydrogens is 280 g/mol. The molecule has 1 saturated heterocycles. The van der Waals surface area contributed by atoms with Gasteiger partial charge >= 0.3 is 0 Å². The number of rotatable bonds is 3. The van der Waals surface area contributed by atoms with E-state index in [2.05, 4.69) is 14.9 Å². The lowest BCUT2D eigenvalue weighted by atomic mass is 9.94. The van der Waals surface area contributed by atoms with Gasteiger partial charge in [-0.1, -0.05) is 20.8 Å². The summed E-state index contributed by atoms with van der Waals surface area (Å²) >= 11 is 0. The molecule has 6 nitrogen and oxygen atoms in total. The van der Waals surface area contributed by atoms with E-state index < -0.39 is 0 Å². The van der Waals surface area contributed by atoms with E-state index >= 15 is 0 Å². The van der Waals surface area contributed by atoms with Crippen molar-refractivity contribution in [2.24, 2.45) is 5.41 Å². The third-order valence-electron chi connectivity index (χ3n) is 3.60. The zero-order valence-electron chi connectivity index (χ0n) is 14.2. The molecule has 0 aliphatic carbocycles. The minimum atomic E-state index is -0.329. The summed E-state index contributed by atoms with van der Waals surface area (Å²) in [7, 11) is 0. The quantitative estimate of drug-likeness (QED) is 0.853. The van der Waals surface area contributed by atoms with Crippen molar-refractivity contribution in [3.05, 3.63) is 11.8 Å². The summed E-state index contributed by atoms with van der Waals surface area (Å²) in [5, 5.41) is 0. The second-order valence-electron chi connectivity index (χ2n) is 6.61. The van der Waals surface area contributed by atoms with Crippen LogP contribution in [-0.4, -0.2) is 53.6 Å². The first kappa shape index (κ1) is 16.5. The number of aromatic nitrogens is 2. The number of carbonyl (C=O) groups is 1. The van der Waals surface area contributed by atoms with E-state index in [9.17, 15) is 4.79 Å². The molecule has 1 aromatic rings. The van der Waals surface area contributed by atoms with Crippen molar-refractivity contribution in [1.82, 2.24) is 14.9 Å². The number of hydrogen-bond acceptors (Lipinski definition) is 5. The molecule has 0 saturated carbocycles. The smallest absolute Gasteiger partial charge is 0.228 e. The summed E-state index contributed by atoms with van der Waals surface area (Å²) < 4.78 is 5.48. The summed E-state index contributed by atoms with van der Waals surface area (Å²) in [6, 6.07) is 1.84. The van der Waals surface area contributed by atoms with Gasteiger partial charge < -0.3 is 14.5 Å². The van der Waals surface area contributed by atoms with E-state index in [1.807, 2.05) is 45.6 Å². The molecule has 1 aliphatic heterocycles. The number of nitrogens with zero attached hydrogens (tertiary/aromatic N) is 4. The highest BCUT2D eigenvalue weighted by Crippen LogP contribution is 2.21. The van der Waals surface area contributed by atoms with Crippen molar-refractivity contribution in [3.8, 4) is 5.88 Å². The number of piperazine rings is 1. The lowest BCUT2D eigenvalue weighted by molar-refractivity contribution is -0.139. The van der Waals surface area contributed by atoms with Crippen LogP contribution in [0.2, 0.25) is 0 Å². The first-order valence-electron chi connectivity index (χ1n) is 7.84. The van der Waals surface area contributed by atoms with Gasteiger partial charge in [-0.05, 0) is 13.8 Å². The van der Waals surface area contributed by atoms with Gasteiger partial charge in [0.2, 0.25) is 17.7 Å². The van der Waals surface area contributed by atoms with Crippen LogP contribution in [0.15, 0.2) is 6.07 Å². The predicted octanol–water partition coefficient (Wildman–Crippen LogP) is 1.88. The van der Waals surface area contributed by atoms with Crippen LogP contribution in [0.1, 0.15) is 33.4 Å². The second-order valence-corrected chi connectivity index (χ2v) is 6.61. The number of carbonyl (C=O) groups excluding carboxylic acids is 1. The maximum absolute atomic E-state index is 12.3. The molecule has 6 heteroatoms. The first-order chi connectivity index (χ1) is 10.3. The minimum Gasteiger partial charge on any atom is -0.478 e. The third kappa shape index (κ3) is 3.87. The van der Waals surface area contributed by atoms with Crippen molar-refractivity contribution >= 4 is 11.9 Å². The molecule has 2 heterocycles. The van der Waals surface area contributed by atoms with E-state index in [0.717, 1.165) is 18.8 Å². The lowest BCUT2D eigenvalue weighted by Crippen LogP contribution is -2.52. The van der Waals surface area contributed by atoms with E-state index in [1.54, 1.807) is 0 Å². The Morgan fingerprint density at radius 1 is 1.23 bits per heavy atom. The fourth-order valence-corrected chi connectivity index (χ4v) is 2.47. The van der Waals surface area contributed by atoms with Crippen LogP contribution >= 0.6 is 0 Å². The summed E-state index contributed by atoms with van der Waals surface area (Å²) in [6.07, 6.45) is 0. The van der Waals surface area contributed by atoms with Gasteiger partial charge in [0.1, 0.15) is 0 Å². The van der Waals surface area contributed by atoms with Crippen molar-refractivity contribution in [2.75, 3.05) is 37.7 Å². The normalized spacial score (nSPS) is 15.9. The zero-order valence-corrected chi connectivity index (χ0v) is 14.2. The molecular formula is C16H26N4O2. The Kier molecular flexibility index (Phi) is 4.88. The molecule has 1 aliphatic rings. The van der Waals surface area contributed by atoms with E-state index in [4.69, 9.17) is 4.74 Å². The Morgan fingerprint density at radius 3 is 2.41 bits per heavy atom. The number of anilines is 1. The Labute approximate surface area is 132 Å². The van der Waals surface area contributed by atoms with Crippen LogP contribution < -0.4 is 9.64 Å². The highest BCUT2D eigenvalue weighted by atomic mass is 16.5. The third-order valence-corrected chi connectivity index (χ3v) is 3.60. The molecule has 0 bridgehead atoms. The molecule has 1 aromatic heterocycles. The van der Waals surface area contributed by atoms with Crippen LogP contribution in [-0.2, 0) is 4.79 Å². The molecule has 0 radical (unpaired) electrons. The average molecular weight is 306 g/mol. The standard InChI is InChI=1S/C16H26N4O2/c1-6-22-13-11-12(2)17-15(18-13)20-9-7-19(8-10-20)14(21)16(3,4)5/h11H,6-10H2,1-5H3. The van der Waals surface area contributed by atoms with Gasteiger partial charge in [0.05, 0.1) is 6.61 Å². The summed E-state index contributed by atoms with van der Waals surface area (Å²) in [5.74, 6) is 1.50. The molecule has 0 aromatic carbocycles. The van der Waals surface area contributed by atoms with Crippen LogP contribution in [0.3, 0.4) is 0 Å². The summed E-state index contributed by atoms with van der Waals surface area (Å²) in [5.41, 5.74) is 0.561. The van der Waals surface area contributed by atoms with Crippen molar-refractivity contribution in [1.29, 1.82) is 0 Å².